The molecule has 1 fully saturated rings. The zero-order chi connectivity index (χ0) is 21.1. The lowest BCUT2D eigenvalue weighted by Gasteiger charge is -2.28. The third kappa shape index (κ3) is 4.05. The van der Waals surface area contributed by atoms with Gasteiger partial charge in [-0.25, -0.2) is 0 Å². The van der Waals surface area contributed by atoms with Gasteiger partial charge in [0.25, 0.3) is 0 Å². The van der Waals surface area contributed by atoms with Crippen LogP contribution in [0.5, 0.6) is 0 Å². The number of rotatable bonds is 7. The van der Waals surface area contributed by atoms with Gasteiger partial charge in [-0.1, -0.05) is 24.3 Å². The minimum atomic E-state index is 0.0429. The molecule has 30 heavy (non-hydrogen) atoms. The fourth-order valence-corrected chi connectivity index (χ4v) is 4.54. The van der Waals surface area contributed by atoms with E-state index in [1.54, 1.807) is 0 Å². The fourth-order valence-electron chi connectivity index (χ4n) is 4.21. The van der Waals surface area contributed by atoms with Crippen molar-refractivity contribution in [2.45, 2.75) is 32.4 Å². The molecule has 3 aromatic rings. The maximum Gasteiger partial charge on any atom is 0.170 e. The molecule has 0 amide bonds. The van der Waals surface area contributed by atoms with Crippen molar-refractivity contribution in [2.24, 2.45) is 7.05 Å². The smallest absolute Gasteiger partial charge is 0.170 e. The Kier molecular flexibility index (Phi) is 6.04. The number of nitrogens with one attached hydrogen (secondary N) is 2. The molecule has 2 atom stereocenters. The van der Waals surface area contributed by atoms with Crippen molar-refractivity contribution in [3.05, 3.63) is 83.4 Å². The van der Waals surface area contributed by atoms with E-state index in [9.17, 15) is 0 Å². The summed E-state index contributed by atoms with van der Waals surface area (Å²) < 4.78 is 2.25. The lowest BCUT2D eigenvalue weighted by atomic mass is 9.96. The molecule has 2 aromatic heterocycles. The zero-order valence-corrected chi connectivity index (χ0v) is 18.6. The van der Waals surface area contributed by atoms with Crippen LogP contribution >= 0.6 is 12.2 Å². The number of anilines is 1. The van der Waals surface area contributed by atoms with Gasteiger partial charge in [-0.2, -0.15) is 0 Å². The van der Waals surface area contributed by atoms with Crippen LogP contribution in [0, 0.1) is 13.8 Å². The second kappa shape index (κ2) is 8.88. The summed E-state index contributed by atoms with van der Waals surface area (Å²) >= 11 is 5.78. The second-order valence-corrected chi connectivity index (χ2v) is 8.24. The molecule has 1 aliphatic rings. The van der Waals surface area contributed by atoms with E-state index in [-0.39, 0.29) is 12.1 Å². The molecule has 4 rings (SSSR count). The first-order valence-electron chi connectivity index (χ1n) is 10.5. The largest absolute Gasteiger partial charge is 0.385 e. The van der Waals surface area contributed by atoms with E-state index in [0.29, 0.717) is 0 Å². The molecule has 5 nitrogen and oxygen atoms in total. The summed E-state index contributed by atoms with van der Waals surface area (Å²) in [5.74, 6) is 0. The van der Waals surface area contributed by atoms with Crippen LogP contribution in [0.3, 0.4) is 0 Å². The highest BCUT2D eigenvalue weighted by Crippen LogP contribution is 2.40. The molecule has 0 radical (unpaired) electrons. The number of nitrogens with zero attached hydrogens (tertiary/aromatic N) is 3. The number of hydrogen-bond donors (Lipinski definition) is 2. The normalized spacial score (nSPS) is 18.5. The van der Waals surface area contributed by atoms with Crippen molar-refractivity contribution in [3.63, 3.8) is 0 Å². The summed E-state index contributed by atoms with van der Waals surface area (Å²) in [6, 6.07) is 18.9. The number of aromatic nitrogens is 2. The summed E-state index contributed by atoms with van der Waals surface area (Å²) in [4.78, 5) is 6.97. The summed E-state index contributed by atoms with van der Waals surface area (Å²) in [5, 5.41) is 7.85. The summed E-state index contributed by atoms with van der Waals surface area (Å²) in [5.41, 5.74) is 6.02. The Balaban J connectivity index is 1.55. The van der Waals surface area contributed by atoms with Gasteiger partial charge in [0.15, 0.2) is 5.11 Å². The van der Waals surface area contributed by atoms with Crippen LogP contribution in [0.2, 0.25) is 0 Å². The van der Waals surface area contributed by atoms with Gasteiger partial charge in [0.05, 0.1) is 17.8 Å². The highest BCUT2D eigenvalue weighted by Gasteiger charge is 2.40. The van der Waals surface area contributed by atoms with E-state index in [0.717, 1.165) is 36.0 Å². The fraction of sp³-hybridized carbons (Fsp3) is 0.333. The highest BCUT2D eigenvalue weighted by atomic mass is 32.1. The van der Waals surface area contributed by atoms with Crippen LogP contribution in [0.1, 0.15) is 41.1 Å². The topological polar surface area (TPSA) is 45.1 Å². The minimum absolute atomic E-state index is 0.0429. The van der Waals surface area contributed by atoms with Gasteiger partial charge in [0, 0.05) is 43.4 Å². The van der Waals surface area contributed by atoms with Crippen molar-refractivity contribution in [3.8, 4) is 0 Å². The van der Waals surface area contributed by atoms with Gasteiger partial charge >= 0.3 is 0 Å². The van der Waals surface area contributed by atoms with Gasteiger partial charge in [-0.15, -0.1) is 0 Å². The van der Waals surface area contributed by atoms with E-state index < -0.39 is 0 Å². The molecule has 1 aromatic carbocycles. The molecule has 0 spiro atoms. The van der Waals surface area contributed by atoms with Crippen LogP contribution in [-0.2, 0) is 7.05 Å². The average molecular weight is 420 g/mol. The van der Waals surface area contributed by atoms with Gasteiger partial charge in [-0.3, -0.25) is 4.98 Å². The number of benzene rings is 1. The number of para-hydroxylation sites is 1. The van der Waals surface area contributed by atoms with Crippen molar-refractivity contribution < 1.29 is 0 Å². The van der Waals surface area contributed by atoms with Gasteiger partial charge in [0.2, 0.25) is 0 Å². The second-order valence-electron chi connectivity index (χ2n) is 7.85. The van der Waals surface area contributed by atoms with Crippen molar-refractivity contribution in [1.82, 2.24) is 19.8 Å². The van der Waals surface area contributed by atoms with E-state index in [1.807, 2.05) is 24.4 Å². The molecule has 0 unspecified atom stereocenters. The first kappa shape index (κ1) is 20.4. The van der Waals surface area contributed by atoms with Gasteiger partial charge in [-0.05, 0) is 68.4 Å². The summed E-state index contributed by atoms with van der Waals surface area (Å²) in [6.07, 6.45) is 2.85. The van der Waals surface area contributed by atoms with E-state index in [2.05, 4.69) is 82.4 Å². The molecular weight excluding hydrogens is 390 g/mol. The predicted octanol–water partition coefficient (Wildman–Crippen LogP) is 4.51. The first-order valence-corrected chi connectivity index (χ1v) is 10.9. The van der Waals surface area contributed by atoms with Crippen LogP contribution in [0.4, 0.5) is 5.69 Å². The Bertz CT molecular complexity index is 999. The Morgan fingerprint density at radius 2 is 1.87 bits per heavy atom. The lowest BCUT2D eigenvalue weighted by Crippen LogP contribution is -2.31. The summed E-state index contributed by atoms with van der Waals surface area (Å²) in [6.45, 7) is 6.12. The third-order valence-corrected chi connectivity index (χ3v) is 6.36. The minimum Gasteiger partial charge on any atom is -0.385 e. The maximum absolute atomic E-state index is 5.78. The molecule has 0 saturated carbocycles. The maximum atomic E-state index is 5.78. The third-order valence-electron chi connectivity index (χ3n) is 6.01. The number of aryl methyl sites for hydroxylation is 1. The quantitative estimate of drug-likeness (QED) is 0.436. The van der Waals surface area contributed by atoms with Crippen LogP contribution < -0.4 is 10.6 Å². The lowest BCUT2D eigenvalue weighted by molar-refractivity contribution is 0.315. The highest BCUT2D eigenvalue weighted by molar-refractivity contribution is 7.80. The monoisotopic (exact) mass is 419 g/mol. The van der Waals surface area contributed by atoms with Crippen LogP contribution in [-0.4, -0.2) is 32.7 Å². The molecule has 3 heterocycles. The zero-order valence-electron chi connectivity index (χ0n) is 17.8. The molecule has 156 valence electrons. The molecular formula is C24H29N5S. The first-order chi connectivity index (χ1) is 14.6. The molecule has 6 heteroatoms. The van der Waals surface area contributed by atoms with Crippen LogP contribution in [0.25, 0.3) is 0 Å². The van der Waals surface area contributed by atoms with E-state index in [4.69, 9.17) is 12.2 Å². The Morgan fingerprint density at radius 3 is 2.53 bits per heavy atom. The average Bonchev–Trinajstić information content (AvgIpc) is 3.23. The molecule has 0 bridgehead atoms. The Morgan fingerprint density at radius 1 is 1.10 bits per heavy atom. The number of thiocarbonyl (C=S) groups is 1. The van der Waals surface area contributed by atoms with Crippen molar-refractivity contribution in [1.29, 1.82) is 0 Å². The standard InChI is InChI=1S/C24H29N5S/c1-17-16-20(18(2)28(17)3)23-22(21-12-7-8-13-26-21)27-24(30)29(23)15-9-14-25-19-10-5-4-6-11-19/h4-8,10-13,16,22-23,25H,9,14-15H2,1-3H3,(H,27,30)/t22-,23+/m1/s1. The molecule has 2 N–H and O–H groups in total. The number of pyridine rings is 1. The Labute approximate surface area is 184 Å². The van der Waals surface area contributed by atoms with Crippen molar-refractivity contribution >= 4 is 23.0 Å². The van der Waals surface area contributed by atoms with Gasteiger partial charge < -0.3 is 20.1 Å². The van der Waals surface area contributed by atoms with Crippen LogP contribution in [0.15, 0.2) is 60.8 Å². The summed E-state index contributed by atoms with van der Waals surface area (Å²) in [7, 11) is 2.12. The van der Waals surface area contributed by atoms with E-state index >= 15 is 0 Å². The Hall–Kier alpha value is -2.86. The SMILES string of the molecule is Cc1cc([C@H]2[C@@H](c3ccccn3)NC(=S)N2CCCNc2ccccc2)c(C)n1C. The molecule has 1 saturated heterocycles. The molecule has 0 aliphatic carbocycles. The predicted molar refractivity (Wildman–Crippen MR) is 127 cm³/mol. The molecule has 1 aliphatic heterocycles. The van der Waals surface area contributed by atoms with Crippen molar-refractivity contribution in [2.75, 3.05) is 18.4 Å². The number of hydrogen-bond acceptors (Lipinski definition) is 3. The van der Waals surface area contributed by atoms with Gasteiger partial charge in [0.1, 0.15) is 0 Å². The van der Waals surface area contributed by atoms with E-state index in [1.165, 1.54) is 17.0 Å².